The van der Waals surface area contributed by atoms with Crippen molar-refractivity contribution >= 4 is 21.8 Å². The summed E-state index contributed by atoms with van der Waals surface area (Å²) in [7, 11) is 0. The molecule has 0 aromatic heterocycles. The van der Waals surface area contributed by atoms with E-state index in [1.807, 2.05) is 12.1 Å². The first kappa shape index (κ1) is 15.0. The lowest BCUT2D eigenvalue weighted by atomic mass is 10.0. The lowest BCUT2D eigenvalue weighted by Gasteiger charge is -2.22. The number of halogens is 1. The van der Waals surface area contributed by atoms with E-state index in [2.05, 4.69) is 52.4 Å². The molecular weight excluding hydrogens is 294 g/mol. The molecule has 4 N–H and O–H groups in total. The molecule has 0 aliphatic rings. The molecule has 0 aliphatic carbocycles. The van der Waals surface area contributed by atoms with Crippen molar-refractivity contribution in [3.8, 4) is 0 Å². The fourth-order valence-electron chi connectivity index (χ4n) is 1.84. The molecule has 18 heavy (non-hydrogen) atoms. The Hall–Kier alpha value is -1.07. The third kappa shape index (κ3) is 4.66. The van der Waals surface area contributed by atoms with Gasteiger partial charge in [-0.05, 0) is 31.0 Å². The summed E-state index contributed by atoms with van der Waals surface area (Å²) in [6.07, 6.45) is 1.47. The second-order valence-corrected chi connectivity index (χ2v) is 5.26. The van der Waals surface area contributed by atoms with Crippen LogP contribution in [-0.2, 0) is 0 Å². The van der Waals surface area contributed by atoms with Crippen molar-refractivity contribution in [1.82, 2.24) is 5.32 Å². The van der Waals surface area contributed by atoms with Crippen molar-refractivity contribution in [2.75, 3.05) is 0 Å². The fraction of sp³-hybridized carbons (Fsp3) is 0.462. The van der Waals surface area contributed by atoms with E-state index in [-0.39, 0.29) is 17.9 Å². The van der Waals surface area contributed by atoms with Crippen LogP contribution in [0.1, 0.15) is 38.3 Å². The molecular formula is C13H20BrN3O. The van der Waals surface area contributed by atoms with Crippen LogP contribution in [0.5, 0.6) is 0 Å². The summed E-state index contributed by atoms with van der Waals surface area (Å²) in [5.74, 6) is 0.260. The SMILES string of the molecule is CCC(C/C(N)=N/O)N[C@@H](C)c1cccc(Br)c1. The van der Waals surface area contributed by atoms with Gasteiger partial charge in [0.25, 0.3) is 0 Å². The Morgan fingerprint density at radius 3 is 2.83 bits per heavy atom. The van der Waals surface area contributed by atoms with E-state index in [9.17, 15) is 0 Å². The molecule has 100 valence electrons. The molecule has 0 saturated carbocycles. The third-order valence-electron chi connectivity index (χ3n) is 2.91. The minimum atomic E-state index is 0.204. The number of oxime groups is 1. The van der Waals surface area contributed by atoms with E-state index in [0.29, 0.717) is 6.42 Å². The summed E-state index contributed by atoms with van der Waals surface area (Å²) in [5.41, 5.74) is 6.75. The van der Waals surface area contributed by atoms with E-state index in [1.54, 1.807) is 0 Å². The number of hydrogen-bond acceptors (Lipinski definition) is 3. The Kier molecular flexibility index (Phi) is 6.15. The van der Waals surface area contributed by atoms with Gasteiger partial charge in [0.1, 0.15) is 5.84 Å². The molecule has 0 spiro atoms. The van der Waals surface area contributed by atoms with Crippen molar-refractivity contribution < 1.29 is 5.21 Å². The number of nitrogens with zero attached hydrogens (tertiary/aromatic N) is 1. The average Bonchev–Trinajstić information content (AvgIpc) is 2.37. The van der Waals surface area contributed by atoms with Gasteiger partial charge in [-0.2, -0.15) is 0 Å². The standard InChI is InChI=1S/C13H20BrN3O/c1-3-12(8-13(15)17-18)16-9(2)10-5-4-6-11(14)7-10/h4-7,9,12,16,18H,3,8H2,1-2H3,(H2,15,17)/t9-,12?/m0/s1. The number of hydrogen-bond donors (Lipinski definition) is 3. The van der Waals surface area contributed by atoms with Crippen molar-refractivity contribution in [2.24, 2.45) is 10.9 Å². The molecule has 5 heteroatoms. The van der Waals surface area contributed by atoms with Gasteiger partial charge in [-0.3, -0.25) is 0 Å². The zero-order valence-electron chi connectivity index (χ0n) is 10.7. The summed E-state index contributed by atoms with van der Waals surface area (Å²) >= 11 is 3.47. The van der Waals surface area contributed by atoms with Gasteiger partial charge in [-0.25, -0.2) is 0 Å². The van der Waals surface area contributed by atoms with Crippen LogP contribution < -0.4 is 11.1 Å². The molecule has 1 unspecified atom stereocenters. The minimum Gasteiger partial charge on any atom is -0.409 e. The molecule has 1 aromatic rings. The maximum absolute atomic E-state index is 8.60. The molecule has 0 radical (unpaired) electrons. The first-order chi connectivity index (χ1) is 8.56. The Morgan fingerprint density at radius 2 is 2.28 bits per heavy atom. The summed E-state index contributed by atoms with van der Waals surface area (Å²) in [4.78, 5) is 0. The second kappa shape index (κ2) is 7.38. The zero-order valence-corrected chi connectivity index (χ0v) is 12.3. The maximum atomic E-state index is 8.60. The Morgan fingerprint density at radius 1 is 1.56 bits per heavy atom. The van der Waals surface area contributed by atoms with Gasteiger partial charge in [0.05, 0.1) is 0 Å². The summed E-state index contributed by atoms with van der Waals surface area (Å²) in [6.45, 7) is 4.19. The number of nitrogens with one attached hydrogen (secondary N) is 1. The van der Waals surface area contributed by atoms with Crippen LogP contribution in [0.4, 0.5) is 0 Å². The monoisotopic (exact) mass is 313 g/mol. The van der Waals surface area contributed by atoms with Crippen LogP contribution in [0.15, 0.2) is 33.9 Å². The highest BCUT2D eigenvalue weighted by atomic mass is 79.9. The predicted molar refractivity (Wildman–Crippen MR) is 77.8 cm³/mol. The first-order valence-electron chi connectivity index (χ1n) is 6.04. The Labute approximate surface area is 116 Å². The maximum Gasteiger partial charge on any atom is 0.140 e. The Balaban J connectivity index is 2.64. The van der Waals surface area contributed by atoms with Crippen molar-refractivity contribution in [2.45, 2.75) is 38.8 Å². The molecule has 0 bridgehead atoms. The first-order valence-corrected chi connectivity index (χ1v) is 6.84. The van der Waals surface area contributed by atoms with E-state index in [1.165, 1.54) is 5.56 Å². The van der Waals surface area contributed by atoms with Crippen molar-refractivity contribution in [3.63, 3.8) is 0 Å². The van der Waals surface area contributed by atoms with Crippen LogP contribution in [0.25, 0.3) is 0 Å². The summed E-state index contributed by atoms with van der Waals surface area (Å²) in [6, 6.07) is 8.62. The molecule has 1 aromatic carbocycles. The lowest BCUT2D eigenvalue weighted by molar-refractivity contribution is 0.315. The van der Waals surface area contributed by atoms with Crippen LogP contribution in [-0.4, -0.2) is 17.1 Å². The molecule has 0 aliphatic heterocycles. The van der Waals surface area contributed by atoms with Gasteiger partial charge in [0.2, 0.25) is 0 Å². The van der Waals surface area contributed by atoms with Gasteiger partial charge >= 0.3 is 0 Å². The van der Waals surface area contributed by atoms with Gasteiger partial charge in [0, 0.05) is 23.0 Å². The molecule has 0 heterocycles. The summed E-state index contributed by atoms with van der Waals surface area (Å²) in [5, 5.41) is 15.1. The van der Waals surface area contributed by atoms with E-state index >= 15 is 0 Å². The van der Waals surface area contributed by atoms with E-state index in [4.69, 9.17) is 10.9 Å². The highest BCUT2D eigenvalue weighted by Gasteiger charge is 2.13. The average molecular weight is 314 g/mol. The molecule has 0 amide bonds. The Bertz CT molecular complexity index is 409. The number of nitrogens with two attached hydrogens (primary N) is 1. The van der Waals surface area contributed by atoms with Crippen LogP contribution >= 0.6 is 15.9 Å². The smallest absolute Gasteiger partial charge is 0.140 e. The van der Waals surface area contributed by atoms with Gasteiger partial charge in [0.15, 0.2) is 0 Å². The third-order valence-corrected chi connectivity index (χ3v) is 3.40. The highest BCUT2D eigenvalue weighted by molar-refractivity contribution is 9.10. The molecule has 0 fully saturated rings. The highest BCUT2D eigenvalue weighted by Crippen LogP contribution is 2.19. The van der Waals surface area contributed by atoms with Crippen LogP contribution in [0, 0.1) is 0 Å². The minimum absolute atomic E-state index is 0.204. The largest absolute Gasteiger partial charge is 0.409 e. The molecule has 2 atom stereocenters. The second-order valence-electron chi connectivity index (χ2n) is 4.34. The number of benzene rings is 1. The number of amidine groups is 1. The van der Waals surface area contributed by atoms with Crippen molar-refractivity contribution in [3.05, 3.63) is 34.3 Å². The molecule has 0 saturated heterocycles. The fourth-order valence-corrected chi connectivity index (χ4v) is 2.26. The molecule has 1 rings (SSSR count). The van der Waals surface area contributed by atoms with Crippen LogP contribution in [0.2, 0.25) is 0 Å². The zero-order chi connectivity index (χ0) is 13.5. The topological polar surface area (TPSA) is 70.6 Å². The van der Waals surface area contributed by atoms with Gasteiger partial charge < -0.3 is 16.3 Å². The predicted octanol–water partition coefficient (Wildman–Crippen LogP) is 3.01. The van der Waals surface area contributed by atoms with Crippen LogP contribution in [0.3, 0.4) is 0 Å². The quantitative estimate of drug-likeness (QED) is 0.327. The summed E-state index contributed by atoms with van der Waals surface area (Å²) < 4.78 is 1.07. The number of rotatable bonds is 6. The molecule has 4 nitrogen and oxygen atoms in total. The van der Waals surface area contributed by atoms with Gasteiger partial charge in [-0.1, -0.05) is 40.1 Å². The van der Waals surface area contributed by atoms with E-state index in [0.717, 1.165) is 10.9 Å². The lowest BCUT2D eigenvalue weighted by Crippen LogP contribution is -2.34. The normalized spacial score (nSPS) is 15.4. The van der Waals surface area contributed by atoms with E-state index < -0.39 is 0 Å². The van der Waals surface area contributed by atoms with Crippen molar-refractivity contribution in [1.29, 1.82) is 0 Å². The van der Waals surface area contributed by atoms with Gasteiger partial charge in [-0.15, -0.1) is 0 Å².